The first kappa shape index (κ1) is 16.7. The van der Waals surface area contributed by atoms with Crippen LogP contribution in [-0.4, -0.2) is 11.0 Å². The van der Waals surface area contributed by atoms with Crippen molar-refractivity contribution in [3.05, 3.63) is 95.8 Å². The van der Waals surface area contributed by atoms with E-state index in [1.165, 1.54) is 24.3 Å². The Hall–Kier alpha value is -3.18. The maximum absolute atomic E-state index is 13.3. The molecule has 1 amide bonds. The molecule has 3 rings (SSSR count). The van der Waals surface area contributed by atoms with Gasteiger partial charge < -0.3 is 15.6 Å². The molecule has 25 heavy (non-hydrogen) atoms. The summed E-state index contributed by atoms with van der Waals surface area (Å²) < 4.78 is 18.9. The maximum Gasteiger partial charge on any atom is 0.258 e. The quantitative estimate of drug-likeness (QED) is 0.750. The lowest BCUT2D eigenvalue weighted by Crippen LogP contribution is -2.42. The number of carbonyl (C=O) groups excluding carboxylic acids is 1. The number of ether oxygens (including phenoxy) is 1. The van der Waals surface area contributed by atoms with Crippen molar-refractivity contribution in [1.82, 2.24) is 0 Å². The molecular formula is C20H16FNO3. The summed E-state index contributed by atoms with van der Waals surface area (Å²) in [7, 11) is 0. The van der Waals surface area contributed by atoms with Gasteiger partial charge in [0.25, 0.3) is 5.91 Å². The fraction of sp³-hybridized carbons (Fsp3) is 0.0500. The summed E-state index contributed by atoms with van der Waals surface area (Å²) in [6.45, 7) is 0. The van der Waals surface area contributed by atoms with Crippen molar-refractivity contribution >= 4 is 5.91 Å². The average Bonchev–Trinajstić information content (AvgIpc) is 2.62. The minimum absolute atomic E-state index is 0.264. The number of nitrogens with two attached hydrogens (primary N) is 1. The van der Waals surface area contributed by atoms with Crippen molar-refractivity contribution in [3.8, 4) is 11.5 Å². The van der Waals surface area contributed by atoms with Gasteiger partial charge in [0.1, 0.15) is 17.3 Å². The molecule has 3 aromatic carbocycles. The number of hydrogen-bond donors (Lipinski definition) is 2. The normalized spacial score (nSPS) is 13.0. The highest BCUT2D eigenvalue weighted by molar-refractivity contribution is 5.88. The number of rotatable bonds is 5. The molecule has 0 aromatic heterocycles. The van der Waals surface area contributed by atoms with Gasteiger partial charge in [-0.05, 0) is 29.8 Å². The lowest BCUT2D eigenvalue weighted by Gasteiger charge is -2.26. The summed E-state index contributed by atoms with van der Waals surface area (Å²) in [5.74, 6) is -0.675. The molecule has 126 valence electrons. The molecule has 0 aliphatic carbocycles. The third-order valence-corrected chi connectivity index (χ3v) is 3.83. The van der Waals surface area contributed by atoms with Gasteiger partial charge in [0, 0.05) is 11.6 Å². The predicted octanol–water partition coefficient (Wildman–Crippen LogP) is 3.34. The van der Waals surface area contributed by atoms with E-state index in [0.717, 1.165) is 0 Å². The zero-order valence-electron chi connectivity index (χ0n) is 13.2. The molecular weight excluding hydrogens is 321 g/mol. The topological polar surface area (TPSA) is 72.6 Å². The second-order valence-electron chi connectivity index (χ2n) is 5.53. The van der Waals surface area contributed by atoms with Crippen LogP contribution in [0.2, 0.25) is 0 Å². The maximum atomic E-state index is 13.3. The zero-order chi connectivity index (χ0) is 17.9. The minimum atomic E-state index is -2.00. The average molecular weight is 337 g/mol. The smallest absolute Gasteiger partial charge is 0.258 e. The highest BCUT2D eigenvalue weighted by Gasteiger charge is 2.38. The van der Waals surface area contributed by atoms with Crippen LogP contribution >= 0.6 is 0 Å². The number of carbonyl (C=O) groups is 1. The van der Waals surface area contributed by atoms with E-state index in [1.807, 2.05) is 0 Å². The van der Waals surface area contributed by atoms with Gasteiger partial charge in [-0.15, -0.1) is 0 Å². The standard InChI is InChI=1S/C20H16FNO3/c21-16-9-5-11-18(13-16)25-17-10-4-8-15(12-17)20(24,19(22)23)14-6-2-1-3-7-14/h1-13,24H,(H2,22,23). The van der Waals surface area contributed by atoms with Gasteiger partial charge in [-0.2, -0.15) is 0 Å². The van der Waals surface area contributed by atoms with E-state index in [9.17, 15) is 14.3 Å². The van der Waals surface area contributed by atoms with Crippen molar-refractivity contribution in [2.45, 2.75) is 5.60 Å². The van der Waals surface area contributed by atoms with Crippen LogP contribution in [0.3, 0.4) is 0 Å². The summed E-state index contributed by atoms with van der Waals surface area (Å²) in [6.07, 6.45) is 0. The molecule has 1 unspecified atom stereocenters. The predicted molar refractivity (Wildman–Crippen MR) is 91.6 cm³/mol. The van der Waals surface area contributed by atoms with Crippen LogP contribution in [0.4, 0.5) is 4.39 Å². The molecule has 0 aliphatic rings. The van der Waals surface area contributed by atoms with Crippen LogP contribution in [0, 0.1) is 5.82 Å². The van der Waals surface area contributed by atoms with Crippen LogP contribution in [0.25, 0.3) is 0 Å². The third-order valence-electron chi connectivity index (χ3n) is 3.83. The molecule has 3 aromatic rings. The Kier molecular flexibility index (Phi) is 4.50. The lowest BCUT2D eigenvalue weighted by molar-refractivity contribution is -0.133. The van der Waals surface area contributed by atoms with E-state index in [1.54, 1.807) is 54.6 Å². The molecule has 0 radical (unpaired) electrons. The Morgan fingerprint density at radius 3 is 2.12 bits per heavy atom. The van der Waals surface area contributed by atoms with E-state index >= 15 is 0 Å². The minimum Gasteiger partial charge on any atom is -0.457 e. The highest BCUT2D eigenvalue weighted by atomic mass is 19.1. The number of hydrogen-bond acceptors (Lipinski definition) is 3. The number of primary amides is 1. The molecule has 0 aliphatic heterocycles. The molecule has 0 heterocycles. The van der Waals surface area contributed by atoms with E-state index in [-0.39, 0.29) is 5.56 Å². The van der Waals surface area contributed by atoms with Gasteiger partial charge in [0.05, 0.1) is 0 Å². The lowest BCUT2D eigenvalue weighted by atomic mass is 9.85. The van der Waals surface area contributed by atoms with Crippen molar-refractivity contribution in [2.75, 3.05) is 0 Å². The Labute approximate surface area is 144 Å². The van der Waals surface area contributed by atoms with Gasteiger partial charge in [-0.25, -0.2) is 4.39 Å². The van der Waals surface area contributed by atoms with E-state index in [2.05, 4.69) is 0 Å². The van der Waals surface area contributed by atoms with Gasteiger partial charge in [-0.3, -0.25) is 4.79 Å². The monoisotopic (exact) mass is 337 g/mol. The second-order valence-corrected chi connectivity index (χ2v) is 5.53. The zero-order valence-corrected chi connectivity index (χ0v) is 13.2. The number of benzene rings is 3. The van der Waals surface area contributed by atoms with Crippen molar-refractivity contribution in [3.63, 3.8) is 0 Å². The fourth-order valence-electron chi connectivity index (χ4n) is 2.58. The summed E-state index contributed by atoms with van der Waals surface area (Å²) in [6, 6.07) is 20.4. The van der Waals surface area contributed by atoms with Gasteiger partial charge >= 0.3 is 0 Å². The Bertz CT molecular complexity index is 898. The van der Waals surface area contributed by atoms with Gasteiger partial charge in [-0.1, -0.05) is 48.5 Å². The first-order chi connectivity index (χ1) is 12.0. The Morgan fingerprint density at radius 1 is 0.880 bits per heavy atom. The third kappa shape index (κ3) is 3.36. The summed E-state index contributed by atoms with van der Waals surface area (Å²) >= 11 is 0. The van der Waals surface area contributed by atoms with Gasteiger partial charge in [0.15, 0.2) is 5.60 Å². The SMILES string of the molecule is NC(=O)C(O)(c1ccccc1)c1cccc(Oc2cccc(F)c2)c1. The molecule has 4 nitrogen and oxygen atoms in total. The summed E-state index contributed by atoms with van der Waals surface area (Å²) in [4.78, 5) is 12.0. The molecule has 0 saturated heterocycles. The first-order valence-corrected chi connectivity index (χ1v) is 7.62. The molecule has 0 fully saturated rings. The summed E-state index contributed by atoms with van der Waals surface area (Å²) in [5.41, 5.74) is 4.10. The largest absolute Gasteiger partial charge is 0.457 e. The van der Waals surface area contributed by atoms with E-state index < -0.39 is 17.3 Å². The van der Waals surface area contributed by atoms with Crippen LogP contribution in [0.1, 0.15) is 11.1 Å². The van der Waals surface area contributed by atoms with Gasteiger partial charge in [0.2, 0.25) is 0 Å². The van der Waals surface area contributed by atoms with E-state index in [0.29, 0.717) is 17.1 Å². The second kappa shape index (κ2) is 6.75. The number of amides is 1. The van der Waals surface area contributed by atoms with Crippen molar-refractivity contribution in [2.24, 2.45) is 5.73 Å². The van der Waals surface area contributed by atoms with Crippen molar-refractivity contribution < 1.29 is 19.0 Å². The van der Waals surface area contributed by atoms with Crippen LogP contribution in [0.15, 0.2) is 78.9 Å². The molecule has 5 heteroatoms. The molecule has 0 saturated carbocycles. The molecule has 1 atom stereocenters. The number of halogens is 1. The van der Waals surface area contributed by atoms with Crippen LogP contribution in [-0.2, 0) is 10.4 Å². The molecule has 3 N–H and O–H groups in total. The highest BCUT2D eigenvalue weighted by Crippen LogP contribution is 2.32. The van der Waals surface area contributed by atoms with Crippen LogP contribution < -0.4 is 10.5 Å². The van der Waals surface area contributed by atoms with Crippen molar-refractivity contribution in [1.29, 1.82) is 0 Å². The Balaban J connectivity index is 2.00. The molecule has 0 spiro atoms. The molecule has 0 bridgehead atoms. The fourth-order valence-corrected chi connectivity index (χ4v) is 2.58. The van der Waals surface area contributed by atoms with Crippen LogP contribution in [0.5, 0.6) is 11.5 Å². The van der Waals surface area contributed by atoms with E-state index in [4.69, 9.17) is 10.5 Å². The summed E-state index contributed by atoms with van der Waals surface area (Å²) in [5, 5.41) is 11.0. The first-order valence-electron chi connectivity index (χ1n) is 7.62. The number of aliphatic hydroxyl groups is 1. The Morgan fingerprint density at radius 2 is 1.48 bits per heavy atom.